The van der Waals surface area contributed by atoms with Crippen molar-refractivity contribution in [3.63, 3.8) is 0 Å². The van der Waals surface area contributed by atoms with E-state index < -0.39 is 0 Å². The average Bonchev–Trinajstić information content (AvgIpc) is 2.48. The predicted octanol–water partition coefficient (Wildman–Crippen LogP) is 1.85. The minimum atomic E-state index is -0.333. The Kier molecular flexibility index (Phi) is 3.68. The lowest BCUT2D eigenvalue weighted by Gasteiger charge is -2.00. The first kappa shape index (κ1) is 10.8. The molecular formula is C10H16N2O2. The third-order valence-corrected chi connectivity index (χ3v) is 1.87. The van der Waals surface area contributed by atoms with E-state index in [1.807, 2.05) is 6.92 Å². The maximum atomic E-state index is 11.4. The molecule has 0 saturated heterocycles. The van der Waals surface area contributed by atoms with Gasteiger partial charge in [0.15, 0.2) is 5.69 Å². The molecule has 78 valence electrons. The van der Waals surface area contributed by atoms with Crippen molar-refractivity contribution >= 4 is 5.97 Å². The fourth-order valence-electron chi connectivity index (χ4n) is 1.34. The number of esters is 1. The maximum Gasteiger partial charge on any atom is 0.358 e. The lowest BCUT2D eigenvalue weighted by atomic mass is 10.2. The molecule has 1 aromatic heterocycles. The van der Waals surface area contributed by atoms with Crippen LogP contribution in [0.25, 0.3) is 0 Å². The van der Waals surface area contributed by atoms with E-state index in [0.29, 0.717) is 12.3 Å². The summed E-state index contributed by atoms with van der Waals surface area (Å²) >= 11 is 0. The molecule has 0 atom stereocenters. The quantitative estimate of drug-likeness (QED) is 0.748. The first-order valence-electron chi connectivity index (χ1n) is 4.91. The van der Waals surface area contributed by atoms with Crippen molar-refractivity contribution < 1.29 is 9.53 Å². The second-order valence-corrected chi connectivity index (χ2v) is 3.12. The molecule has 0 saturated carbocycles. The number of aromatic amines is 1. The van der Waals surface area contributed by atoms with Crippen LogP contribution in [0.4, 0.5) is 0 Å². The van der Waals surface area contributed by atoms with Gasteiger partial charge >= 0.3 is 5.97 Å². The van der Waals surface area contributed by atoms with E-state index in [2.05, 4.69) is 16.9 Å². The fraction of sp³-hybridized carbons (Fsp3) is 0.600. The molecule has 0 unspecified atom stereocenters. The predicted molar refractivity (Wildman–Crippen MR) is 53.3 cm³/mol. The average molecular weight is 196 g/mol. The molecule has 14 heavy (non-hydrogen) atoms. The lowest BCUT2D eigenvalue weighted by Crippen LogP contribution is -2.08. The lowest BCUT2D eigenvalue weighted by molar-refractivity contribution is 0.0518. The molecule has 0 aliphatic rings. The largest absolute Gasteiger partial charge is 0.461 e. The van der Waals surface area contributed by atoms with E-state index in [0.717, 1.165) is 24.4 Å². The van der Waals surface area contributed by atoms with Crippen molar-refractivity contribution in [1.29, 1.82) is 0 Å². The summed E-state index contributed by atoms with van der Waals surface area (Å²) in [6.45, 7) is 6.07. The molecule has 0 amide bonds. The van der Waals surface area contributed by atoms with Gasteiger partial charge in [0.05, 0.1) is 6.61 Å². The number of H-pyrrole nitrogens is 1. The number of aryl methyl sites for hydroxylation is 2. The second kappa shape index (κ2) is 4.79. The van der Waals surface area contributed by atoms with Gasteiger partial charge in [0, 0.05) is 5.69 Å². The van der Waals surface area contributed by atoms with E-state index in [1.165, 1.54) is 0 Å². The summed E-state index contributed by atoms with van der Waals surface area (Å²) in [5.41, 5.74) is 1.31. The summed E-state index contributed by atoms with van der Waals surface area (Å²) < 4.78 is 4.91. The van der Waals surface area contributed by atoms with Crippen molar-refractivity contribution in [1.82, 2.24) is 9.97 Å². The van der Waals surface area contributed by atoms with Crippen LogP contribution < -0.4 is 0 Å². The Hall–Kier alpha value is -1.32. The van der Waals surface area contributed by atoms with Gasteiger partial charge in [-0.1, -0.05) is 13.3 Å². The van der Waals surface area contributed by atoms with Gasteiger partial charge < -0.3 is 9.72 Å². The minimum absolute atomic E-state index is 0.333. The van der Waals surface area contributed by atoms with Crippen LogP contribution in [0.5, 0.6) is 0 Å². The van der Waals surface area contributed by atoms with E-state index in [-0.39, 0.29) is 5.97 Å². The number of nitrogens with one attached hydrogen (secondary N) is 1. The standard InChI is InChI=1S/C10H16N2O2/c1-4-6-8-9(10(13)14-5-2)12-7(3)11-8/h4-6H2,1-3H3,(H,11,12). The zero-order chi connectivity index (χ0) is 10.6. The van der Waals surface area contributed by atoms with Gasteiger partial charge in [-0.05, 0) is 20.3 Å². The van der Waals surface area contributed by atoms with Gasteiger partial charge in [0.1, 0.15) is 5.82 Å². The molecule has 0 radical (unpaired) electrons. The van der Waals surface area contributed by atoms with Gasteiger partial charge in [-0.3, -0.25) is 0 Å². The van der Waals surface area contributed by atoms with Crippen molar-refractivity contribution in [2.75, 3.05) is 6.61 Å². The number of ether oxygens (including phenoxy) is 1. The summed E-state index contributed by atoms with van der Waals surface area (Å²) in [6, 6.07) is 0. The number of rotatable bonds is 4. The van der Waals surface area contributed by atoms with Crippen LogP contribution in [0.1, 0.15) is 42.3 Å². The summed E-state index contributed by atoms with van der Waals surface area (Å²) in [6.07, 6.45) is 1.81. The van der Waals surface area contributed by atoms with Crippen molar-refractivity contribution in [3.8, 4) is 0 Å². The molecule has 0 aliphatic carbocycles. The Labute approximate surface area is 83.7 Å². The van der Waals surface area contributed by atoms with Gasteiger partial charge in [0.25, 0.3) is 0 Å². The van der Waals surface area contributed by atoms with E-state index >= 15 is 0 Å². The first-order valence-corrected chi connectivity index (χ1v) is 4.91. The molecule has 4 heteroatoms. The molecule has 0 aliphatic heterocycles. The van der Waals surface area contributed by atoms with Gasteiger partial charge in [0.2, 0.25) is 0 Å². The molecule has 0 spiro atoms. The molecule has 1 aromatic rings. The highest BCUT2D eigenvalue weighted by atomic mass is 16.5. The third kappa shape index (κ3) is 2.34. The highest BCUT2D eigenvalue weighted by molar-refractivity contribution is 5.88. The summed E-state index contributed by atoms with van der Waals surface area (Å²) in [5.74, 6) is 0.428. The van der Waals surface area contributed by atoms with Crippen LogP contribution in [-0.2, 0) is 11.2 Å². The van der Waals surface area contributed by atoms with Gasteiger partial charge in [-0.2, -0.15) is 0 Å². The Morgan fingerprint density at radius 3 is 2.79 bits per heavy atom. The topological polar surface area (TPSA) is 55.0 Å². The number of hydrogen-bond acceptors (Lipinski definition) is 3. The van der Waals surface area contributed by atoms with Crippen LogP contribution in [0, 0.1) is 6.92 Å². The van der Waals surface area contributed by atoms with Gasteiger partial charge in [-0.15, -0.1) is 0 Å². The molecule has 1 N–H and O–H groups in total. The highest BCUT2D eigenvalue weighted by Crippen LogP contribution is 2.09. The minimum Gasteiger partial charge on any atom is -0.461 e. The van der Waals surface area contributed by atoms with E-state index in [4.69, 9.17) is 4.74 Å². The van der Waals surface area contributed by atoms with E-state index in [1.54, 1.807) is 6.92 Å². The summed E-state index contributed by atoms with van der Waals surface area (Å²) in [4.78, 5) is 18.6. The second-order valence-electron chi connectivity index (χ2n) is 3.12. The van der Waals surface area contributed by atoms with Crippen LogP contribution in [-0.4, -0.2) is 22.5 Å². The number of hydrogen-bond donors (Lipinski definition) is 1. The Bertz CT molecular complexity index is 318. The summed E-state index contributed by atoms with van der Waals surface area (Å²) in [7, 11) is 0. The Morgan fingerprint density at radius 1 is 1.50 bits per heavy atom. The zero-order valence-corrected chi connectivity index (χ0v) is 8.89. The number of carbonyl (C=O) groups excluding carboxylic acids is 1. The van der Waals surface area contributed by atoms with Crippen molar-refractivity contribution in [2.24, 2.45) is 0 Å². The fourth-order valence-corrected chi connectivity index (χ4v) is 1.34. The Morgan fingerprint density at radius 2 is 2.21 bits per heavy atom. The number of aromatic nitrogens is 2. The smallest absolute Gasteiger partial charge is 0.358 e. The maximum absolute atomic E-state index is 11.4. The van der Waals surface area contributed by atoms with Gasteiger partial charge in [-0.25, -0.2) is 9.78 Å². The van der Waals surface area contributed by atoms with Crippen molar-refractivity contribution in [3.05, 3.63) is 17.2 Å². The molecule has 0 aromatic carbocycles. The monoisotopic (exact) mass is 196 g/mol. The van der Waals surface area contributed by atoms with Crippen LogP contribution >= 0.6 is 0 Å². The SMILES string of the molecule is CCCc1[nH]c(C)nc1C(=O)OCC. The van der Waals surface area contributed by atoms with Crippen LogP contribution in [0.3, 0.4) is 0 Å². The highest BCUT2D eigenvalue weighted by Gasteiger charge is 2.16. The molecule has 4 nitrogen and oxygen atoms in total. The summed E-state index contributed by atoms with van der Waals surface area (Å²) in [5, 5.41) is 0. The number of carbonyl (C=O) groups is 1. The molecule has 0 fully saturated rings. The molecule has 0 bridgehead atoms. The number of nitrogens with zero attached hydrogens (tertiary/aromatic N) is 1. The Balaban J connectivity index is 2.88. The van der Waals surface area contributed by atoms with E-state index in [9.17, 15) is 4.79 Å². The zero-order valence-electron chi connectivity index (χ0n) is 8.89. The molecular weight excluding hydrogens is 180 g/mol. The molecule has 1 heterocycles. The normalized spacial score (nSPS) is 10.2. The molecule has 1 rings (SSSR count). The first-order chi connectivity index (χ1) is 6.69. The van der Waals surface area contributed by atoms with Crippen molar-refractivity contribution in [2.45, 2.75) is 33.6 Å². The van der Waals surface area contributed by atoms with Crippen LogP contribution in [0.2, 0.25) is 0 Å². The number of imidazole rings is 1. The van der Waals surface area contributed by atoms with Crippen LogP contribution in [0.15, 0.2) is 0 Å². The third-order valence-electron chi connectivity index (χ3n) is 1.87.